The molecule has 4 aromatic rings. The molecule has 0 bridgehead atoms. The lowest BCUT2D eigenvalue weighted by molar-refractivity contribution is -0.114. The molecule has 0 unspecified atom stereocenters. The quantitative estimate of drug-likeness (QED) is 0.512. The van der Waals surface area contributed by atoms with E-state index >= 15 is 0 Å². The summed E-state index contributed by atoms with van der Waals surface area (Å²) in [6.45, 7) is 1.48. The van der Waals surface area contributed by atoms with E-state index in [-0.39, 0.29) is 5.91 Å². The second kappa shape index (κ2) is 8.36. The van der Waals surface area contributed by atoms with Crippen LogP contribution < -0.4 is 10.1 Å². The number of nitrogens with zero attached hydrogens (tertiary/aromatic N) is 3. The number of aryl methyl sites for hydroxylation is 2. The van der Waals surface area contributed by atoms with Gasteiger partial charge in [0.15, 0.2) is 5.13 Å². The first kappa shape index (κ1) is 19.0. The van der Waals surface area contributed by atoms with Crippen molar-refractivity contribution in [3.63, 3.8) is 0 Å². The van der Waals surface area contributed by atoms with Crippen molar-refractivity contribution in [3.8, 4) is 17.0 Å². The Labute approximate surface area is 172 Å². The average molecular weight is 404 g/mol. The van der Waals surface area contributed by atoms with E-state index in [0.29, 0.717) is 5.13 Å². The molecule has 0 aliphatic heterocycles. The minimum Gasteiger partial charge on any atom is -0.497 e. The van der Waals surface area contributed by atoms with Crippen molar-refractivity contribution < 1.29 is 9.53 Å². The SMILES string of the molecule is COc1ccc(CCc2nccc(-c3ccc4nc(NC(C)=O)sc4c3)n2)cc1. The van der Waals surface area contributed by atoms with Crippen LogP contribution in [-0.4, -0.2) is 28.0 Å². The van der Waals surface area contributed by atoms with Crippen LogP contribution in [0.3, 0.4) is 0 Å². The number of rotatable bonds is 6. The van der Waals surface area contributed by atoms with Gasteiger partial charge in [-0.25, -0.2) is 15.0 Å². The Balaban J connectivity index is 1.52. The van der Waals surface area contributed by atoms with Crippen LogP contribution in [0, 0.1) is 0 Å². The third kappa shape index (κ3) is 4.57. The first-order chi connectivity index (χ1) is 14.1. The van der Waals surface area contributed by atoms with E-state index in [1.807, 2.05) is 36.4 Å². The predicted molar refractivity (Wildman–Crippen MR) is 115 cm³/mol. The number of carbonyl (C=O) groups is 1. The van der Waals surface area contributed by atoms with E-state index in [1.165, 1.54) is 23.8 Å². The van der Waals surface area contributed by atoms with Gasteiger partial charge < -0.3 is 10.1 Å². The highest BCUT2D eigenvalue weighted by molar-refractivity contribution is 7.22. The summed E-state index contributed by atoms with van der Waals surface area (Å²) in [6.07, 6.45) is 3.42. The number of anilines is 1. The highest BCUT2D eigenvalue weighted by atomic mass is 32.1. The molecule has 0 aliphatic rings. The van der Waals surface area contributed by atoms with Crippen LogP contribution in [0.2, 0.25) is 0 Å². The molecule has 0 saturated heterocycles. The normalized spacial score (nSPS) is 10.8. The maximum atomic E-state index is 11.2. The van der Waals surface area contributed by atoms with Crippen molar-refractivity contribution in [2.45, 2.75) is 19.8 Å². The molecular formula is C22H20N4O2S. The average Bonchev–Trinajstić information content (AvgIpc) is 3.13. The number of hydrogen-bond donors (Lipinski definition) is 1. The maximum Gasteiger partial charge on any atom is 0.223 e. The van der Waals surface area contributed by atoms with Crippen molar-refractivity contribution in [1.29, 1.82) is 0 Å². The van der Waals surface area contributed by atoms with Gasteiger partial charge in [-0.05, 0) is 42.3 Å². The molecule has 0 radical (unpaired) electrons. The smallest absolute Gasteiger partial charge is 0.223 e. The van der Waals surface area contributed by atoms with E-state index in [2.05, 4.69) is 27.4 Å². The Kier molecular flexibility index (Phi) is 5.48. The van der Waals surface area contributed by atoms with E-state index in [1.54, 1.807) is 13.3 Å². The van der Waals surface area contributed by atoms with Gasteiger partial charge in [0.25, 0.3) is 0 Å². The highest BCUT2D eigenvalue weighted by Gasteiger charge is 2.09. The Hall–Kier alpha value is -3.32. The molecule has 0 saturated carbocycles. The number of hydrogen-bond acceptors (Lipinski definition) is 6. The number of thiazole rings is 1. The van der Waals surface area contributed by atoms with Crippen LogP contribution in [0.1, 0.15) is 18.3 Å². The second-order valence-corrected chi connectivity index (χ2v) is 7.62. The Bertz CT molecular complexity index is 1160. The monoisotopic (exact) mass is 404 g/mol. The third-order valence-corrected chi connectivity index (χ3v) is 5.40. The summed E-state index contributed by atoms with van der Waals surface area (Å²) in [5.41, 5.74) is 3.96. The molecule has 0 spiro atoms. The van der Waals surface area contributed by atoms with Gasteiger partial charge in [0.1, 0.15) is 11.6 Å². The van der Waals surface area contributed by atoms with Gasteiger partial charge in [0, 0.05) is 25.1 Å². The molecule has 4 rings (SSSR count). The van der Waals surface area contributed by atoms with Crippen LogP contribution in [0.15, 0.2) is 54.7 Å². The summed E-state index contributed by atoms with van der Waals surface area (Å²) in [5.74, 6) is 1.54. The van der Waals surface area contributed by atoms with Crippen LogP contribution in [-0.2, 0) is 17.6 Å². The molecule has 7 heteroatoms. The number of ether oxygens (including phenoxy) is 1. The van der Waals surface area contributed by atoms with Gasteiger partial charge in [-0.1, -0.05) is 29.5 Å². The number of methoxy groups -OCH3 is 1. The van der Waals surface area contributed by atoms with Crippen molar-refractivity contribution in [1.82, 2.24) is 15.0 Å². The molecule has 1 amide bonds. The van der Waals surface area contributed by atoms with Gasteiger partial charge in [-0.3, -0.25) is 4.79 Å². The van der Waals surface area contributed by atoms with E-state index < -0.39 is 0 Å². The molecule has 0 atom stereocenters. The third-order valence-electron chi connectivity index (χ3n) is 4.47. The minimum absolute atomic E-state index is 0.124. The summed E-state index contributed by atoms with van der Waals surface area (Å²) in [5, 5.41) is 3.34. The number of carbonyl (C=O) groups excluding carboxylic acids is 1. The topological polar surface area (TPSA) is 77.0 Å². The lowest BCUT2D eigenvalue weighted by Crippen LogP contribution is -2.04. The summed E-state index contributed by atoms with van der Waals surface area (Å²) in [7, 11) is 1.67. The van der Waals surface area contributed by atoms with Crippen LogP contribution >= 0.6 is 11.3 Å². The molecule has 2 aromatic heterocycles. The summed E-state index contributed by atoms with van der Waals surface area (Å²) >= 11 is 1.45. The van der Waals surface area contributed by atoms with Gasteiger partial charge in [-0.15, -0.1) is 0 Å². The number of fused-ring (bicyclic) bond motifs is 1. The van der Waals surface area contributed by atoms with Crippen LogP contribution in [0.4, 0.5) is 5.13 Å². The fourth-order valence-electron chi connectivity index (χ4n) is 3.02. The molecule has 1 N–H and O–H groups in total. The van der Waals surface area contributed by atoms with Crippen molar-refractivity contribution in [3.05, 3.63) is 66.1 Å². The first-order valence-corrected chi connectivity index (χ1v) is 10.1. The predicted octanol–water partition coefficient (Wildman–Crippen LogP) is 4.51. The lowest BCUT2D eigenvalue weighted by atomic mass is 10.1. The molecule has 0 fully saturated rings. The van der Waals surface area contributed by atoms with E-state index in [0.717, 1.165) is 45.9 Å². The molecule has 2 aromatic carbocycles. The number of nitrogens with one attached hydrogen (secondary N) is 1. The Morgan fingerprint density at radius 2 is 1.90 bits per heavy atom. The van der Waals surface area contributed by atoms with E-state index in [9.17, 15) is 4.79 Å². The molecule has 0 aliphatic carbocycles. The second-order valence-electron chi connectivity index (χ2n) is 6.59. The summed E-state index contributed by atoms with van der Waals surface area (Å²) in [6, 6.07) is 16.0. The van der Waals surface area contributed by atoms with Gasteiger partial charge >= 0.3 is 0 Å². The number of aromatic nitrogens is 3. The molecule has 29 heavy (non-hydrogen) atoms. The number of benzene rings is 2. The summed E-state index contributed by atoms with van der Waals surface area (Å²) in [4.78, 5) is 24.8. The van der Waals surface area contributed by atoms with E-state index in [4.69, 9.17) is 9.72 Å². The zero-order valence-corrected chi connectivity index (χ0v) is 17.0. The largest absolute Gasteiger partial charge is 0.497 e. The highest BCUT2D eigenvalue weighted by Crippen LogP contribution is 2.30. The van der Waals surface area contributed by atoms with Crippen molar-refractivity contribution in [2.24, 2.45) is 0 Å². The molecule has 6 nitrogen and oxygen atoms in total. The lowest BCUT2D eigenvalue weighted by Gasteiger charge is -2.05. The van der Waals surface area contributed by atoms with Crippen LogP contribution in [0.5, 0.6) is 5.75 Å². The van der Waals surface area contributed by atoms with Crippen molar-refractivity contribution in [2.75, 3.05) is 12.4 Å². The number of amides is 1. The fraction of sp³-hybridized carbons (Fsp3) is 0.182. The zero-order valence-electron chi connectivity index (χ0n) is 16.2. The van der Waals surface area contributed by atoms with Crippen molar-refractivity contribution >= 4 is 32.6 Å². The first-order valence-electron chi connectivity index (χ1n) is 9.24. The zero-order chi connectivity index (χ0) is 20.2. The van der Waals surface area contributed by atoms with Gasteiger partial charge in [-0.2, -0.15) is 0 Å². The fourth-order valence-corrected chi connectivity index (χ4v) is 3.97. The Morgan fingerprint density at radius 3 is 2.66 bits per heavy atom. The van der Waals surface area contributed by atoms with Gasteiger partial charge in [0.05, 0.1) is 23.0 Å². The van der Waals surface area contributed by atoms with Gasteiger partial charge in [0.2, 0.25) is 5.91 Å². The molecular weight excluding hydrogens is 384 g/mol. The minimum atomic E-state index is -0.124. The maximum absolute atomic E-state index is 11.2. The molecule has 146 valence electrons. The molecule has 2 heterocycles. The Morgan fingerprint density at radius 1 is 1.07 bits per heavy atom. The van der Waals surface area contributed by atoms with Crippen LogP contribution in [0.25, 0.3) is 21.5 Å². The standard InChI is InChI=1S/C22H20N4O2S/c1-14(27)24-22-26-19-9-6-16(13-20(19)29-22)18-11-12-23-21(25-18)10-5-15-3-7-17(28-2)8-4-15/h3-4,6-9,11-13H,5,10H2,1-2H3,(H,24,26,27). The summed E-state index contributed by atoms with van der Waals surface area (Å²) < 4.78 is 6.20.